The van der Waals surface area contributed by atoms with E-state index in [1.165, 1.54) is 0 Å². The Morgan fingerprint density at radius 2 is 2.00 bits per heavy atom. The van der Waals surface area contributed by atoms with Crippen LogP contribution < -0.4 is 11.1 Å². The Kier molecular flexibility index (Phi) is 3.85. The second-order valence-corrected chi connectivity index (χ2v) is 4.53. The van der Waals surface area contributed by atoms with Crippen molar-refractivity contribution in [3.63, 3.8) is 0 Å². The molecular formula is C14H18N4O. The van der Waals surface area contributed by atoms with Gasteiger partial charge in [0.05, 0.1) is 12.0 Å². The monoisotopic (exact) mass is 258 g/mol. The van der Waals surface area contributed by atoms with E-state index in [1.54, 1.807) is 30.6 Å². The zero-order chi connectivity index (χ0) is 13.8. The van der Waals surface area contributed by atoms with Crippen molar-refractivity contribution in [2.75, 3.05) is 11.1 Å². The molecule has 1 aromatic heterocycles. The molecule has 0 aliphatic heterocycles. The molecule has 0 aliphatic rings. The number of imidazole rings is 1. The molecule has 0 atom stereocenters. The van der Waals surface area contributed by atoms with Gasteiger partial charge in [-0.15, -0.1) is 0 Å². The van der Waals surface area contributed by atoms with Crippen LogP contribution in [0, 0.1) is 13.8 Å². The van der Waals surface area contributed by atoms with E-state index in [9.17, 15) is 4.79 Å². The van der Waals surface area contributed by atoms with Crippen LogP contribution in [0.4, 0.5) is 11.4 Å². The van der Waals surface area contributed by atoms with Gasteiger partial charge >= 0.3 is 0 Å². The summed E-state index contributed by atoms with van der Waals surface area (Å²) in [6, 6.07) is 7.11. The number of nitrogens with one attached hydrogen (secondary N) is 1. The minimum Gasteiger partial charge on any atom is -0.399 e. The first-order valence-corrected chi connectivity index (χ1v) is 6.20. The zero-order valence-corrected chi connectivity index (χ0v) is 11.2. The maximum atomic E-state index is 11.8. The van der Waals surface area contributed by atoms with Crippen LogP contribution in [-0.2, 0) is 11.3 Å². The van der Waals surface area contributed by atoms with Crippen LogP contribution in [0.3, 0.4) is 0 Å². The van der Waals surface area contributed by atoms with Crippen molar-refractivity contribution in [3.05, 3.63) is 42.0 Å². The molecular weight excluding hydrogens is 240 g/mol. The fourth-order valence-corrected chi connectivity index (χ4v) is 1.78. The van der Waals surface area contributed by atoms with Gasteiger partial charge < -0.3 is 15.6 Å². The minimum absolute atomic E-state index is 0.0180. The first-order valence-electron chi connectivity index (χ1n) is 6.20. The Balaban J connectivity index is 1.88. The van der Waals surface area contributed by atoms with Gasteiger partial charge in [-0.25, -0.2) is 4.98 Å². The Bertz CT molecular complexity index is 572. The maximum absolute atomic E-state index is 11.8. The van der Waals surface area contributed by atoms with Crippen molar-refractivity contribution in [1.29, 1.82) is 0 Å². The summed E-state index contributed by atoms with van der Waals surface area (Å²) in [5, 5.41) is 2.84. The average Bonchev–Trinajstić information content (AvgIpc) is 2.70. The number of rotatable bonds is 4. The van der Waals surface area contributed by atoms with Crippen molar-refractivity contribution >= 4 is 17.3 Å². The molecule has 5 heteroatoms. The number of aryl methyl sites for hydroxylation is 2. The molecule has 2 rings (SSSR count). The van der Waals surface area contributed by atoms with Gasteiger partial charge in [0.1, 0.15) is 0 Å². The molecule has 0 radical (unpaired) electrons. The highest BCUT2D eigenvalue weighted by Gasteiger charge is 2.06. The Labute approximate surface area is 112 Å². The number of carbonyl (C=O) groups is 1. The number of hydrogen-bond donors (Lipinski definition) is 2. The zero-order valence-electron chi connectivity index (χ0n) is 11.2. The highest BCUT2D eigenvalue weighted by Crippen LogP contribution is 2.11. The van der Waals surface area contributed by atoms with E-state index in [0.717, 1.165) is 17.1 Å². The first kappa shape index (κ1) is 13.1. The molecule has 1 heterocycles. The normalized spacial score (nSPS) is 10.4. The van der Waals surface area contributed by atoms with E-state index in [0.29, 0.717) is 18.7 Å². The summed E-state index contributed by atoms with van der Waals surface area (Å²) in [7, 11) is 0. The van der Waals surface area contributed by atoms with Crippen molar-refractivity contribution in [2.24, 2.45) is 0 Å². The molecule has 3 N–H and O–H groups in total. The number of benzene rings is 1. The van der Waals surface area contributed by atoms with Gasteiger partial charge in [0, 0.05) is 30.0 Å². The number of nitrogens with zero attached hydrogens (tertiary/aromatic N) is 2. The molecule has 0 aliphatic carbocycles. The van der Waals surface area contributed by atoms with Gasteiger partial charge in [-0.2, -0.15) is 0 Å². The van der Waals surface area contributed by atoms with E-state index >= 15 is 0 Å². The number of aromatic nitrogens is 2. The maximum Gasteiger partial charge on any atom is 0.226 e. The lowest BCUT2D eigenvalue weighted by molar-refractivity contribution is -0.116. The van der Waals surface area contributed by atoms with Crippen LogP contribution in [-0.4, -0.2) is 15.5 Å². The minimum atomic E-state index is -0.0180. The van der Waals surface area contributed by atoms with Gasteiger partial charge in [0.15, 0.2) is 0 Å². The first-order chi connectivity index (χ1) is 9.06. The second kappa shape index (κ2) is 5.56. The molecule has 100 valence electrons. The Morgan fingerprint density at radius 1 is 1.32 bits per heavy atom. The van der Waals surface area contributed by atoms with Crippen LogP contribution in [0.25, 0.3) is 0 Å². The largest absolute Gasteiger partial charge is 0.399 e. The third-order valence-electron chi connectivity index (χ3n) is 3.12. The van der Waals surface area contributed by atoms with Gasteiger partial charge in [-0.3, -0.25) is 4.79 Å². The van der Waals surface area contributed by atoms with Crippen LogP contribution in [0.2, 0.25) is 0 Å². The molecule has 0 fully saturated rings. The van der Waals surface area contributed by atoms with E-state index < -0.39 is 0 Å². The van der Waals surface area contributed by atoms with Gasteiger partial charge in [-0.05, 0) is 38.1 Å². The molecule has 2 aromatic rings. The summed E-state index contributed by atoms with van der Waals surface area (Å²) >= 11 is 0. The Hall–Kier alpha value is -2.30. The van der Waals surface area contributed by atoms with Crippen molar-refractivity contribution < 1.29 is 4.79 Å². The highest BCUT2D eigenvalue weighted by atomic mass is 16.1. The molecule has 0 bridgehead atoms. The summed E-state index contributed by atoms with van der Waals surface area (Å²) in [5.74, 6) is -0.0180. The number of anilines is 2. The molecule has 0 spiro atoms. The van der Waals surface area contributed by atoms with E-state index in [4.69, 9.17) is 5.73 Å². The molecule has 0 saturated carbocycles. The summed E-state index contributed by atoms with van der Waals surface area (Å²) in [6.07, 6.45) is 2.18. The molecule has 5 nitrogen and oxygen atoms in total. The summed E-state index contributed by atoms with van der Waals surface area (Å²) in [5.41, 5.74) is 9.13. The van der Waals surface area contributed by atoms with Crippen LogP contribution in [0.1, 0.15) is 17.8 Å². The smallest absolute Gasteiger partial charge is 0.226 e. The number of amides is 1. The van der Waals surface area contributed by atoms with Gasteiger partial charge in [-0.1, -0.05) is 0 Å². The predicted molar refractivity (Wildman–Crippen MR) is 75.8 cm³/mol. The fraction of sp³-hybridized carbons (Fsp3) is 0.286. The van der Waals surface area contributed by atoms with Crippen LogP contribution in [0.15, 0.2) is 30.6 Å². The van der Waals surface area contributed by atoms with Crippen LogP contribution >= 0.6 is 0 Å². The average molecular weight is 258 g/mol. The fourth-order valence-electron chi connectivity index (χ4n) is 1.78. The molecule has 19 heavy (non-hydrogen) atoms. The SMILES string of the molecule is Cc1ncn(CCC(=O)Nc2ccc(N)cc2)c1C. The number of nitrogens with two attached hydrogens (primary N) is 1. The lowest BCUT2D eigenvalue weighted by Gasteiger charge is -2.07. The highest BCUT2D eigenvalue weighted by molar-refractivity contribution is 5.90. The number of nitrogen functional groups attached to an aromatic ring is 1. The van der Waals surface area contributed by atoms with Crippen molar-refractivity contribution in [2.45, 2.75) is 26.8 Å². The van der Waals surface area contributed by atoms with Gasteiger partial charge in [0.2, 0.25) is 5.91 Å². The lowest BCUT2D eigenvalue weighted by atomic mass is 10.2. The Morgan fingerprint density at radius 3 is 2.58 bits per heavy atom. The molecule has 0 saturated heterocycles. The second-order valence-electron chi connectivity index (χ2n) is 4.53. The summed E-state index contributed by atoms with van der Waals surface area (Å²) in [4.78, 5) is 16.0. The quantitative estimate of drug-likeness (QED) is 0.825. The lowest BCUT2D eigenvalue weighted by Crippen LogP contribution is -2.14. The van der Waals surface area contributed by atoms with E-state index in [-0.39, 0.29) is 5.91 Å². The van der Waals surface area contributed by atoms with Crippen molar-refractivity contribution in [1.82, 2.24) is 9.55 Å². The predicted octanol–water partition coefficient (Wildman–Crippen LogP) is 2.11. The summed E-state index contributed by atoms with van der Waals surface area (Å²) in [6.45, 7) is 4.59. The van der Waals surface area contributed by atoms with E-state index in [1.807, 2.05) is 18.4 Å². The third-order valence-corrected chi connectivity index (χ3v) is 3.12. The topological polar surface area (TPSA) is 72.9 Å². The molecule has 0 unspecified atom stereocenters. The molecule has 1 aromatic carbocycles. The number of hydrogen-bond acceptors (Lipinski definition) is 3. The number of carbonyl (C=O) groups excluding carboxylic acids is 1. The van der Waals surface area contributed by atoms with Crippen molar-refractivity contribution in [3.8, 4) is 0 Å². The van der Waals surface area contributed by atoms with E-state index in [2.05, 4.69) is 10.3 Å². The third kappa shape index (κ3) is 3.34. The van der Waals surface area contributed by atoms with Crippen LogP contribution in [0.5, 0.6) is 0 Å². The standard InChI is InChI=1S/C14H18N4O/c1-10-11(2)18(9-16-10)8-7-14(19)17-13-5-3-12(15)4-6-13/h3-6,9H,7-8,15H2,1-2H3,(H,17,19). The summed E-state index contributed by atoms with van der Waals surface area (Å²) < 4.78 is 1.98. The molecule has 1 amide bonds. The van der Waals surface area contributed by atoms with Gasteiger partial charge in [0.25, 0.3) is 0 Å².